The number of nitrogens with zero attached hydrogens (tertiary/aromatic N) is 1. The molecule has 90 valence electrons. The SMILES string of the molecule is COCCN(CCC(=N)N)CCC(C)C. The molecule has 0 aromatic heterocycles. The molecule has 0 saturated carbocycles. The Morgan fingerprint density at radius 3 is 2.47 bits per heavy atom. The third-order valence-corrected chi connectivity index (χ3v) is 2.33. The van der Waals surface area contributed by atoms with E-state index >= 15 is 0 Å². The van der Waals surface area contributed by atoms with Gasteiger partial charge >= 0.3 is 0 Å². The smallest absolute Gasteiger partial charge is 0.0918 e. The third-order valence-electron chi connectivity index (χ3n) is 2.33. The predicted molar refractivity (Wildman–Crippen MR) is 64.3 cm³/mol. The van der Waals surface area contributed by atoms with E-state index in [0.717, 1.165) is 26.2 Å². The second-order valence-corrected chi connectivity index (χ2v) is 4.29. The summed E-state index contributed by atoms with van der Waals surface area (Å²) in [6, 6.07) is 0. The fourth-order valence-corrected chi connectivity index (χ4v) is 1.28. The van der Waals surface area contributed by atoms with Gasteiger partial charge in [0.25, 0.3) is 0 Å². The molecule has 0 rings (SSSR count). The maximum atomic E-state index is 7.20. The molecule has 0 spiro atoms. The standard InChI is InChI=1S/C11H25N3O/c1-10(2)4-6-14(8-9-15-3)7-5-11(12)13/h10H,4-9H2,1-3H3,(H3,12,13). The molecule has 4 heteroatoms. The van der Waals surface area contributed by atoms with Crippen molar-refractivity contribution in [3.63, 3.8) is 0 Å². The molecule has 0 amide bonds. The van der Waals surface area contributed by atoms with Crippen molar-refractivity contribution in [1.82, 2.24) is 4.90 Å². The van der Waals surface area contributed by atoms with Gasteiger partial charge in [0, 0.05) is 26.6 Å². The zero-order valence-corrected chi connectivity index (χ0v) is 10.3. The largest absolute Gasteiger partial charge is 0.388 e. The first-order valence-electron chi connectivity index (χ1n) is 5.60. The fourth-order valence-electron chi connectivity index (χ4n) is 1.28. The van der Waals surface area contributed by atoms with Crippen molar-refractivity contribution in [1.29, 1.82) is 5.41 Å². The topological polar surface area (TPSA) is 62.3 Å². The molecule has 4 nitrogen and oxygen atoms in total. The number of methoxy groups -OCH3 is 1. The second kappa shape index (κ2) is 8.68. The summed E-state index contributed by atoms with van der Waals surface area (Å²) in [7, 11) is 1.71. The Morgan fingerprint density at radius 1 is 1.33 bits per heavy atom. The van der Waals surface area contributed by atoms with Crippen LogP contribution >= 0.6 is 0 Å². The van der Waals surface area contributed by atoms with E-state index in [1.54, 1.807) is 7.11 Å². The first kappa shape index (κ1) is 14.4. The molecule has 0 radical (unpaired) electrons. The molecule has 0 aliphatic rings. The monoisotopic (exact) mass is 215 g/mol. The highest BCUT2D eigenvalue weighted by Gasteiger charge is 2.06. The molecule has 0 bridgehead atoms. The highest BCUT2D eigenvalue weighted by molar-refractivity contribution is 5.76. The van der Waals surface area contributed by atoms with Crippen molar-refractivity contribution in [3.05, 3.63) is 0 Å². The number of hydrogen-bond donors (Lipinski definition) is 2. The van der Waals surface area contributed by atoms with E-state index in [1.807, 2.05) is 0 Å². The molecule has 0 fully saturated rings. The van der Waals surface area contributed by atoms with Crippen LogP contribution in [0.15, 0.2) is 0 Å². The number of rotatable bonds is 9. The molecule has 0 aromatic carbocycles. The molecule has 0 saturated heterocycles. The quantitative estimate of drug-likeness (QED) is 0.450. The van der Waals surface area contributed by atoms with E-state index in [-0.39, 0.29) is 5.84 Å². The van der Waals surface area contributed by atoms with E-state index in [4.69, 9.17) is 15.9 Å². The van der Waals surface area contributed by atoms with Crippen LogP contribution in [0.1, 0.15) is 26.7 Å². The van der Waals surface area contributed by atoms with Gasteiger partial charge in [0.05, 0.1) is 12.4 Å². The molecular weight excluding hydrogens is 190 g/mol. The second-order valence-electron chi connectivity index (χ2n) is 4.29. The predicted octanol–water partition coefficient (Wildman–Crippen LogP) is 1.31. The van der Waals surface area contributed by atoms with E-state index in [1.165, 1.54) is 6.42 Å². The molecule has 0 aliphatic heterocycles. The molecule has 15 heavy (non-hydrogen) atoms. The minimum Gasteiger partial charge on any atom is -0.388 e. The van der Waals surface area contributed by atoms with Crippen LogP contribution in [0.5, 0.6) is 0 Å². The van der Waals surface area contributed by atoms with Gasteiger partial charge in [-0.25, -0.2) is 0 Å². The van der Waals surface area contributed by atoms with Gasteiger partial charge in [-0.2, -0.15) is 0 Å². The van der Waals surface area contributed by atoms with E-state index < -0.39 is 0 Å². The van der Waals surface area contributed by atoms with Crippen molar-refractivity contribution in [2.45, 2.75) is 26.7 Å². The molecule has 0 aromatic rings. The summed E-state index contributed by atoms with van der Waals surface area (Å²) in [6.07, 6.45) is 1.84. The van der Waals surface area contributed by atoms with Crippen LogP contribution < -0.4 is 5.73 Å². The highest BCUT2D eigenvalue weighted by Crippen LogP contribution is 2.02. The van der Waals surface area contributed by atoms with Gasteiger partial charge in [-0.15, -0.1) is 0 Å². The van der Waals surface area contributed by atoms with Crippen molar-refractivity contribution in [3.8, 4) is 0 Å². The number of ether oxygens (including phenoxy) is 1. The molecule has 0 heterocycles. The summed E-state index contributed by atoms with van der Waals surface area (Å²) < 4.78 is 5.06. The Kier molecular flexibility index (Phi) is 8.33. The van der Waals surface area contributed by atoms with Gasteiger partial charge in [-0.1, -0.05) is 13.8 Å². The minimum atomic E-state index is 0.266. The average molecular weight is 215 g/mol. The van der Waals surface area contributed by atoms with Crippen molar-refractivity contribution >= 4 is 5.84 Å². The van der Waals surface area contributed by atoms with Gasteiger partial charge in [0.15, 0.2) is 0 Å². The highest BCUT2D eigenvalue weighted by atomic mass is 16.5. The summed E-state index contributed by atoms with van der Waals surface area (Å²) in [4.78, 5) is 2.31. The van der Waals surface area contributed by atoms with Crippen molar-refractivity contribution < 1.29 is 4.74 Å². The van der Waals surface area contributed by atoms with E-state index in [2.05, 4.69) is 18.7 Å². The van der Waals surface area contributed by atoms with Gasteiger partial charge in [0.1, 0.15) is 0 Å². The lowest BCUT2D eigenvalue weighted by atomic mass is 10.1. The van der Waals surface area contributed by atoms with Gasteiger partial charge in [0.2, 0.25) is 0 Å². The lowest BCUT2D eigenvalue weighted by Gasteiger charge is -2.22. The number of hydrogen-bond acceptors (Lipinski definition) is 3. The van der Waals surface area contributed by atoms with Crippen LogP contribution in [0.2, 0.25) is 0 Å². The van der Waals surface area contributed by atoms with Crippen LogP contribution in [0.25, 0.3) is 0 Å². The van der Waals surface area contributed by atoms with Gasteiger partial charge < -0.3 is 15.4 Å². The Balaban J connectivity index is 3.77. The zero-order valence-electron chi connectivity index (χ0n) is 10.3. The van der Waals surface area contributed by atoms with Crippen LogP contribution in [-0.4, -0.2) is 44.1 Å². The van der Waals surface area contributed by atoms with E-state index in [0.29, 0.717) is 12.3 Å². The summed E-state index contributed by atoms with van der Waals surface area (Å²) >= 11 is 0. The first-order valence-corrected chi connectivity index (χ1v) is 5.60. The lowest BCUT2D eigenvalue weighted by molar-refractivity contribution is 0.146. The minimum absolute atomic E-state index is 0.266. The van der Waals surface area contributed by atoms with Crippen LogP contribution in [-0.2, 0) is 4.74 Å². The maximum absolute atomic E-state index is 7.20. The van der Waals surface area contributed by atoms with E-state index in [9.17, 15) is 0 Å². The fraction of sp³-hybridized carbons (Fsp3) is 0.909. The summed E-state index contributed by atoms with van der Waals surface area (Å²) in [5.74, 6) is 0.981. The maximum Gasteiger partial charge on any atom is 0.0918 e. The summed E-state index contributed by atoms with van der Waals surface area (Å²) in [5, 5.41) is 7.20. The van der Waals surface area contributed by atoms with Crippen LogP contribution in [0, 0.1) is 11.3 Å². The molecule has 0 atom stereocenters. The Labute approximate surface area is 93.3 Å². The Hall–Kier alpha value is -0.610. The first-order chi connectivity index (χ1) is 7.06. The average Bonchev–Trinajstić information content (AvgIpc) is 2.16. The molecular formula is C11H25N3O. The zero-order chi connectivity index (χ0) is 11.7. The summed E-state index contributed by atoms with van der Waals surface area (Å²) in [6.45, 7) is 8.05. The van der Waals surface area contributed by atoms with Crippen molar-refractivity contribution in [2.24, 2.45) is 11.7 Å². The van der Waals surface area contributed by atoms with Crippen LogP contribution in [0.4, 0.5) is 0 Å². The third kappa shape index (κ3) is 9.69. The number of nitrogens with one attached hydrogen (secondary N) is 1. The molecule has 0 unspecified atom stereocenters. The molecule has 0 aliphatic carbocycles. The van der Waals surface area contributed by atoms with Crippen molar-refractivity contribution in [2.75, 3.05) is 33.4 Å². The summed E-state index contributed by atoms with van der Waals surface area (Å²) in [5.41, 5.74) is 5.35. The Morgan fingerprint density at radius 2 is 2.00 bits per heavy atom. The molecule has 3 N–H and O–H groups in total. The van der Waals surface area contributed by atoms with Crippen LogP contribution in [0.3, 0.4) is 0 Å². The Bertz CT molecular complexity index is 171. The van der Waals surface area contributed by atoms with Gasteiger partial charge in [-0.05, 0) is 18.9 Å². The van der Waals surface area contributed by atoms with Gasteiger partial charge in [-0.3, -0.25) is 5.41 Å². The number of nitrogens with two attached hydrogens (primary N) is 1. The number of amidine groups is 1. The normalized spacial score (nSPS) is 11.3. The lowest BCUT2D eigenvalue weighted by Crippen LogP contribution is -2.32.